The summed E-state index contributed by atoms with van der Waals surface area (Å²) in [5.41, 5.74) is 0.116. The van der Waals surface area contributed by atoms with Crippen molar-refractivity contribution >= 4 is 5.97 Å². The Bertz CT molecular complexity index is 482. The zero-order valence-corrected chi connectivity index (χ0v) is 10.3. The first-order valence-corrected chi connectivity index (χ1v) is 5.94. The van der Waals surface area contributed by atoms with Crippen molar-refractivity contribution in [2.75, 3.05) is 6.54 Å². The van der Waals surface area contributed by atoms with Crippen molar-refractivity contribution in [2.45, 2.75) is 25.8 Å². The topological polar surface area (TPSA) is 49.3 Å². The molecule has 1 heterocycles. The molecule has 1 saturated heterocycles. The number of nitrogens with one attached hydrogen (secondary N) is 1. The van der Waals surface area contributed by atoms with Crippen LogP contribution < -0.4 is 5.32 Å². The number of carboxylic acid groups (broad SMARTS) is 1. The number of halogens is 3. The first-order valence-electron chi connectivity index (χ1n) is 5.94. The van der Waals surface area contributed by atoms with Crippen molar-refractivity contribution in [1.82, 2.24) is 5.32 Å². The molecule has 0 radical (unpaired) electrons. The largest absolute Gasteiger partial charge is 0.481 e. The summed E-state index contributed by atoms with van der Waals surface area (Å²) in [4.78, 5) is 10.8. The van der Waals surface area contributed by atoms with Crippen molar-refractivity contribution < 1.29 is 23.1 Å². The summed E-state index contributed by atoms with van der Waals surface area (Å²) in [6.45, 7) is 1.73. The van der Waals surface area contributed by atoms with Crippen LogP contribution in [-0.4, -0.2) is 17.6 Å². The summed E-state index contributed by atoms with van der Waals surface area (Å²) < 4.78 is 38.9. The Morgan fingerprint density at radius 3 is 2.63 bits per heavy atom. The van der Waals surface area contributed by atoms with E-state index in [2.05, 4.69) is 5.32 Å². The van der Waals surface area contributed by atoms with E-state index in [1.165, 1.54) is 13.0 Å². The lowest BCUT2D eigenvalue weighted by Gasteiger charge is -2.14. The van der Waals surface area contributed by atoms with Crippen LogP contribution in [0, 0.1) is 18.7 Å². The van der Waals surface area contributed by atoms with Gasteiger partial charge in [0.05, 0.1) is 11.5 Å². The Kier molecular flexibility index (Phi) is 3.80. The Morgan fingerprint density at radius 2 is 2.16 bits per heavy atom. The van der Waals surface area contributed by atoms with Crippen molar-refractivity contribution in [3.63, 3.8) is 0 Å². The molecule has 1 aliphatic rings. The van der Waals surface area contributed by atoms with Crippen LogP contribution in [0.1, 0.15) is 35.6 Å². The third-order valence-corrected chi connectivity index (χ3v) is 3.46. The predicted octanol–water partition coefficient (Wildman–Crippen LogP) is 2.81. The standard InChI is InChI=1S/C13H14F3NO2/c1-6-2-7(3-9(14)11(6)12(15)16)10-4-8(5-17-10)13(18)19/h2-3,8,10,12,17H,4-5H2,1H3,(H,18,19). The quantitative estimate of drug-likeness (QED) is 0.890. The molecular weight excluding hydrogens is 259 g/mol. The third kappa shape index (κ3) is 2.73. The van der Waals surface area contributed by atoms with Gasteiger partial charge in [-0.1, -0.05) is 6.07 Å². The van der Waals surface area contributed by atoms with E-state index in [1.54, 1.807) is 0 Å². The highest BCUT2D eigenvalue weighted by molar-refractivity contribution is 5.70. The van der Waals surface area contributed by atoms with E-state index >= 15 is 0 Å². The number of hydrogen-bond donors (Lipinski definition) is 2. The minimum atomic E-state index is -2.85. The molecule has 2 unspecified atom stereocenters. The fourth-order valence-electron chi connectivity index (χ4n) is 2.44. The van der Waals surface area contributed by atoms with Gasteiger partial charge in [-0.2, -0.15) is 0 Å². The summed E-state index contributed by atoms with van der Waals surface area (Å²) in [6, 6.07) is 2.25. The molecule has 0 bridgehead atoms. The van der Waals surface area contributed by atoms with Gasteiger partial charge in [-0.05, 0) is 30.5 Å². The van der Waals surface area contributed by atoms with E-state index in [0.717, 1.165) is 6.07 Å². The SMILES string of the molecule is Cc1cc(C2CC(C(=O)O)CN2)cc(F)c1C(F)F. The van der Waals surface area contributed by atoms with Gasteiger partial charge >= 0.3 is 5.97 Å². The number of carboxylic acids is 1. The molecule has 2 atom stereocenters. The van der Waals surface area contributed by atoms with Crippen molar-refractivity contribution in [3.8, 4) is 0 Å². The highest BCUT2D eigenvalue weighted by Gasteiger charge is 2.31. The second-order valence-corrected chi connectivity index (χ2v) is 4.77. The normalized spacial score (nSPS) is 23.0. The van der Waals surface area contributed by atoms with Gasteiger partial charge in [0.25, 0.3) is 6.43 Å². The fraction of sp³-hybridized carbons (Fsp3) is 0.462. The Balaban J connectivity index is 2.26. The number of hydrogen-bond acceptors (Lipinski definition) is 2. The molecule has 0 aliphatic carbocycles. The zero-order valence-electron chi connectivity index (χ0n) is 10.3. The minimum absolute atomic E-state index is 0.186. The molecule has 0 amide bonds. The zero-order chi connectivity index (χ0) is 14.2. The maximum absolute atomic E-state index is 13.6. The van der Waals surface area contributed by atoms with Gasteiger partial charge in [0.1, 0.15) is 5.82 Å². The maximum atomic E-state index is 13.6. The maximum Gasteiger partial charge on any atom is 0.307 e. The van der Waals surface area contributed by atoms with E-state index in [4.69, 9.17) is 5.11 Å². The van der Waals surface area contributed by atoms with Crippen LogP contribution in [0.5, 0.6) is 0 Å². The average Bonchev–Trinajstić information content (AvgIpc) is 2.76. The lowest BCUT2D eigenvalue weighted by molar-refractivity contribution is -0.141. The van der Waals surface area contributed by atoms with Crippen LogP contribution in [0.2, 0.25) is 0 Å². The molecule has 1 fully saturated rings. The number of rotatable bonds is 3. The van der Waals surface area contributed by atoms with Gasteiger partial charge in [-0.25, -0.2) is 13.2 Å². The molecule has 3 nitrogen and oxygen atoms in total. The number of alkyl halides is 2. The summed E-state index contributed by atoms with van der Waals surface area (Å²) in [6.07, 6.45) is -2.51. The number of aryl methyl sites for hydroxylation is 1. The number of aliphatic carboxylic acids is 1. The molecule has 19 heavy (non-hydrogen) atoms. The first kappa shape index (κ1) is 13.9. The first-order chi connectivity index (χ1) is 8.90. The van der Waals surface area contributed by atoms with Crippen LogP contribution in [0.4, 0.5) is 13.2 Å². The minimum Gasteiger partial charge on any atom is -0.481 e. The predicted molar refractivity (Wildman–Crippen MR) is 62.6 cm³/mol. The Labute approximate surface area is 108 Å². The van der Waals surface area contributed by atoms with Gasteiger partial charge in [-0.15, -0.1) is 0 Å². The van der Waals surface area contributed by atoms with Crippen molar-refractivity contribution in [3.05, 3.63) is 34.6 Å². The molecule has 1 aromatic carbocycles. The molecular formula is C13H14F3NO2. The lowest BCUT2D eigenvalue weighted by atomic mass is 9.96. The van der Waals surface area contributed by atoms with Gasteiger partial charge in [0, 0.05) is 12.6 Å². The van der Waals surface area contributed by atoms with Gasteiger partial charge in [-0.3, -0.25) is 4.79 Å². The van der Waals surface area contributed by atoms with Gasteiger partial charge in [0.2, 0.25) is 0 Å². The molecule has 1 aromatic rings. The second kappa shape index (κ2) is 5.21. The van der Waals surface area contributed by atoms with Crippen molar-refractivity contribution in [2.24, 2.45) is 5.92 Å². The molecule has 1 aliphatic heterocycles. The molecule has 0 aromatic heterocycles. The van der Waals surface area contributed by atoms with E-state index in [0.29, 0.717) is 18.5 Å². The number of carbonyl (C=O) groups is 1. The Morgan fingerprint density at radius 1 is 1.47 bits per heavy atom. The highest BCUT2D eigenvalue weighted by atomic mass is 19.3. The summed E-state index contributed by atoms with van der Waals surface area (Å²) in [5.74, 6) is -2.37. The van der Waals surface area contributed by atoms with E-state index in [9.17, 15) is 18.0 Å². The van der Waals surface area contributed by atoms with E-state index in [1.807, 2.05) is 0 Å². The lowest BCUT2D eigenvalue weighted by Crippen LogP contribution is -2.17. The highest BCUT2D eigenvalue weighted by Crippen LogP contribution is 2.32. The third-order valence-electron chi connectivity index (χ3n) is 3.46. The Hall–Kier alpha value is -1.56. The molecule has 2 N–H and O–H groups in total. The summed E-state index contributed by atoms with van der Waals surface area (Å²) in [5, 5.41) is 11.9. The number of benzene rings is 1. The van der Waals surface area contributed by atoms with Crippen LogP contribution in [0.3, 0.4) is 0 Å². The molecule has 0 spiro atoms. The smallest absolute Gasteiger partial charge is 0.307 e. The van der Waals surface area contributed by atoms with E-state index < -0.39 is 29.7 Å². The molecule has 0 saturated carbocycles. The molecule has 104 valence electrons. The monoisotopic (exact) mass is 273 g/mol. The molecule has 2 rings (SSSR count). The van der Waals surface area contributed by atoms with Crippen LogP contribution >= 0.6 is 0 Å². The fourth-order valence-corrected chi connectivity index (χ4v) is 2.44. The second-order valence-electron chi connectivity index (χ2n) is 4.77. The summed E-state index contributed by atoms with van der Waals surface area (Å²) >= 11 is 0. The average molecular weight is 273 g/mol. The molecule has 6 heteroatoms. The van der Waals surface area contributed by atoms with Gasteiger partial charge < -0.3 is 10.4 Å². The van der Waals surface area contributed by atoms with Crippen LogP contribution in [-0.2, 0) is 4.79 Å². The van der Waals surface area contributed by atoms with Gasteiger partial charge in [0.15, 0.2) is 0 Å². The van der Waals surface area contributed by atoms with Crippen LogP contribution in [0.25, 0.3) is 0 Å². The van der Waals surface area contributed by atoms with Crippen molar-refractivity contribution in [1.29, 1.82) is 0 Å². The van der Waals surface area contributed by atoms with Crippen LogP contribution in [0.15, 0.2) is 12.1 Å². The van der Waals surface area contributed by atoms with E-state index in [-0.39, 0.29) is 11.6 Å². The summed E-state index contributed by atoms with van der Waals surface area (Å²) in [7, 11) is 0.